The predicted molar refractivity (Wildman–Crippen MR) is 86.6 cm³/mol. The van der Waals surface area contributed by atoms with Gasteiger partial charge in [-0.1, -0.05) is 31.5 Å². The molecule has 0 aliphatic rings. The van der Waals surface area contributed by atoms with Crippen molar-refractivity contribution in [1.82, 2.24) is 5.32 Å². The monoisotopic (exact) mass is 312 g/mol. The lowest BCUT2D eigenvalue weighted by Gasteiger charge is -2.29. The van der Waals surface area contributed by atoms with Crippen molar-refractivity contribution in [2.24, 2.45) is 11.1 Å². The first-order chi connectivity index (χ1) is 9.97. The van der Waals surface area contributed by atoms with Gasteiger partial charge in [-0.05, 0) is 38.0 Å². The Bertz CT molecular complexity index is 453. The number of benzene rings is 1. The highest BCUT2D eigenvalue weighted by Crippen LogP contribution is 2.25. The maximum atomic E-state index is 12.3. The molecule has 4 nitrogen and oxygen atoms in total. The van der Waals surface area contributed by atoms with Crippen molar-refractivity contribution in [2.75, 3.05) is 13.1 Å². The number of ether oxygens (including phenoxy) is 1. The summed E-state index contributed by atoms with van der Waals surface area (Å²) in [6, 6.07) is 7.21. The molecule has 3 N–H and O–H groups in total. The number of carbonyl (C=O) groups is 1. The van der Waals surface area contributed by atoms with Gasteiger partial charge in [-0.25, -0.2) is 0 Å². The van der Waals surface area contributed by atoms with Crippen LogP contribution in [0, 0.1) is 5.41 Å². The lowest BCUT2D eigenvalue weighted by atomic mass is 9.81. The fourth-order valence-corrected chi connectivity index (χ4v) is 2.37. The molecular formula is C16H25ClN2O2. The van der Waals surface area contributed by atoms with Gasteiger partial charge in [-0.3, -0.25) is 4.79 Å². The highest BCUT2D eigenvalue weighted by atomic mass is 35.5. The van der Waals surface area contributed by atoms with Crippen LogP contribution in [0.2, 0.25) is 5.02 Å². The van der Waals surface area contributed by atoms with Crippen molar-refractivity contribution < 1.29 is 9.53 Å². The van der Waals surface area contributed by atoms with Crippen LogP contribution in [0.3, 0.4) is 0 Å². The number of rotatable bonds is 8. The molecular weight excluding hydrogens is 288 g/mol. The number of amides is 1. The second-order valence-corrected chi connectivity index (χ2v) is 5.72. The number of hydrogen-bond acceptors (Lipinski definition) is 3. The van der Waals surface area contributed by atoms with E-state index >= 15 is 0 Å². The first-order valence-corrected chi connectivity index (χ1v) is 7.75. The predicted octanol–water partition coefficient (Wildman–Crippen LogP) is 2.99. The van der Waals surface area contributed by atoms with Crippen molar-refractivity contribution in [3.05, 3.63) is 29.3 Å². The number of nitrogens with one attached hydrogen (secondary N) is 1. The minimum Gasteiger partial charge on any atom is -0.489 e. The van der Waals surface area contributed by atoms with Crippen LogP contribution in [0.15, 0.2) is 24.3 Å². The average Bonchev–Trinajstić information content (AvgIpc) is 2.47. The minimum absolute atomic E-state index is 0.00320. The summed E-state index contributed by atoms with van der Waals surface area (Å²) in [5.74, 6) is 0.692. The van der Waals surface area contributed by atoms with E-state index in [-0.39, 0.29) is 12.0 Å². The molecule has 0 fully saturated rings. The zero-order valence-electron chi connectivity index (χ0n) is 13.0. The van der Waals surface area contributed by atoms with Crippen LogP contribution in [0.5, 0.6) is 5.75 Å². The number of hydrogen-bond donors (Lipinski definition) is 2. The molecule has 0 aromatic heterocycles. The van der Waals surface area contributed by atoms with Gasteiger partial charge >= 0.3 is 0 Å². The number of halogens is 1. The molecule has 0 aliphatic heterocycles. The topological polar surface area (TPSA) is 64.4 Å². The molecule has 0 radical (unpaired) electrons. The van der Waals surface area contributed by atoms with E-state index in [9.17, 15) is 4.79 Å². The lowest BCUT2D eigenvalue weighted by molar-refractivity contribution is -0.131. The molecule has 0 saturated carbocycles. The van der Waals surface area contributed by atoms with E-state index in [2.05, 4.69) is 5.32 Å². The zero-order valence-corrected chi connectivity index (χ0v) is 13.7. The zero-order chi connectivity index (χ0) is 15.9. The van der Waals surface area contributed by atoms with Crippen molar-refractivity contribution in [2.45, 2.75) is 39.7 Å². The molecule has 1 atom stereocenters. The molecule has 0 bridgehead atoms. The molecule has 0 saturated heterocycles. The Hall–Kier alpha value is -1.26. The largest absolute Gasteiger partial charge is 0.489 e. The molecule has 0 heterocycles. The van der Waals surface area contributed by atoms with Crippen LogP contribution in [0.4, 0.5) is 0 Å². The van der Waals surface area contributed by atoms with E-state index in [1.54, 1.807) is 12.1 Å². The van der Waals surface area contributed by atoms with E-state index < -0.39 is 5.41 Å². The highest BCUT2D eigenvalue weighted by molar-refractivity contribution is 6.30. The van der Waals surface area contributed by atoms with Crippen molar-refractivity contribution >= 4 is 17.5 Å². The SMILES string of the molecule is CCC(CC)(CN)C(=O)NCC(C)Oc1cccc(Cl)c1. The minimum atomic E-state index is -0.476. The highest BCUT2D eigenvalue weighted by Gasteiger charge is 2.33. The van der Waals surface area contributed by atoms with E-state index in [0.717, 1.165) is 12.8 Å². The first kappa shape index (κ1) is 17.8. The second kappa shape index (κ2) is 8.25. The van der Waals surface area contributed by atoms with Gasteiger partial charge in [0, 0.05) is 11.6 Å². The maximum absolute atomic E-state index is 12.3. The fourth-order valence-electron chi connectivity index (χ4n) is 2.19. The van der Waals surface area contributed by atoms with E-state index in [1.807, 2.05) is 32.9 Å². The Balaban J connectivity index is 2.52. The van der Waals surface area contributed by atoms with Gasteiger partial charge in [-0.15, -0.1) is 0 Å². The standard InChI is InChI=1S/C16H25ClN2O2/c1-4-16(5-2,11-18)15(20)19-10-12(3)21-14-8-6-7-13(17)9-14/h6-9,12H,4-5,10-11,18H2,1-3H3,(H,19,20). The Labute approximate surface area is 132 Å². The van der Waals surface area contributed by atoms with Gasteiger partial charge in [0.05, 0.1) is 12.0 Å². The Morgan fingerprint density at radius 1 is 1.43 bits per heavy atom. The third-order valence-electron chi connectivity index (χ3n) is 3.91. The summed E-state index contributed by atoms with van der Waals surface area (Å²) in [7, 11) is 0. The normalized spacial score (nSPS) is 12.8. The van der Waals surface area contributed by atoms with E-state index in [1.165, 1.54) is 0 Å². The summed E-state index contributed by atoms with van der Waals surface area (Å²) in [5.41, 5.74) is 5.29. The molecule has 0 aliphatic carbocycles. The molecule has 0 spiro atoms. The van der Waals surface area contributed by atoms with Crippen LogP contribution in [-0.2, 0) is 4.79 Å². The van der Waals surface area contributed by atoms with Gasteiger partial charge in [0.15, 0.2) is 0 Å². The summed E-state index contributed by atoms with van der Waals surface area (Å²) in [5, 5.41) is 3.56. The number of nitrogens with two attached hydrogens (primary N) is 1. The maximum Gasteiger partial charge on any atom is 0.227 e. The molecule has 118 valence electrons. The molecule has 1 unspecified atom stereocenters. The van der Waals surface area contributed by atoms with Crippen LogP contribution < -0.4 is 15.8 Å². The quantitative estimate of drug-likeness (QED) is 0.775. The van der Waals surface area contributed by atoms with E-state index in [0.29, 0.717) is 23.9 Å². The summed E-state index contributed by atoms with van der Waals surface area (Å²) in [4.78, 5) is 12.3. The molecule has 1 amide bonds. The van der Waals surface area contributed by atoms with Gasteiger partial charge in [-0.2, -0.15) is 0 Å². The van der Waals surface area contributed by atoms with Crippen molar-refractivity contribution in [3.8, 4) is 5.75 Å². The summed E-state index contributed by atoms with van der Waals surface area (Å²) in [6.07, 6.45) is 1.32. The Morgan fingerprint density at radius 3 is 2.62 bits per heavy atom. The van der Waals surface area contributed by atoms with Gasteiger partial charge in [0.2, 0.25) is 5.91 Å². The fraction of sp³-hybridized carbons (Fsp3) is 0.562. The molecule has 21 heavy (non-hydrogen) atoms. The van der Waals surface area contributed by atoms with Crippen LogP contribution in [-0.4, -0.2) is 25.1 Å². The summed E-state index contributed by atoms with van der Waals surface area (Å²) >= 11 is 5.91. The molecule has 1 rings (SSSR count). The average molecular weight is 313 g/mol. The van der Waals surface area contributed by atoms with Crippen LogP contribution in [0.25, 0.3) is 0 Å². The molecule has 1 aromatic rings. The van der Waals surface area contributed by atoms with E-state index in [4.69, 9.17) is 22.1 Å². The lowest BCUT2D eigenvalue weighted by Crippen LogP contribution is -2.47. The third-order valence-corrected chi connectivity index (χ3v) is 4.14. The van der Waals surface area contributed by atoms with Gasteiger partial charge in [0.25, 0.3) is 0 Å². The Morgan fingerprint density at radius 2 is 2.10 bits per heavy atom. The van der Waals surface area contributed by atoms with Gasteiger partial charge < -0.3 is 15.8 Å². The molecule has 1 aromatic carbocycles. The Kier molecular flexibility index (Phi) is 6.99. The summed E-state index contributed by atoms with van der Waals surface area (Å²) < 4.78 is 5.73. The summed E-state index contributed by atoms with van der Waals surface area (Å²) in [6.45, 7) is 6.68. The third kappa shape index (κ3) is 4.90. The van der Waals surface area contributed by atoms with Crippen molar-refractivity contribution in [3.63, 3.8) is 0 Å². The van der Waals surface area contributed by atoms with Crippen molar-refractivity contribution in [1.29, 1.82) is 0 Å². The second-order valence-electron chi connectivity index (χ2n) is 5.29. The smallest absolute Gasteiger partial charge is 0.227 e. The van der Waals surface area contributed by atoms with Gasteiger partial charge in [0.1, 0.15) is 11.9 Å². The first-order valence-electron chi connectivity index (χ1n) is 7.38. The van der Waals surface area contributed by atoms with Crippen LogP contribution in [0.1, 0.15) is 33.6 Å². The molecule has 5 heteroatoms. The van der Waals surface area contributed by atoms with Crippen LogP contribution >= 0.6 is 11.6 Å². The number of carbonyl (C=O) groups excluding carboxylic acids is 1.